The minimum Gasteiger partial charge on any atom is -0.300 e. The van der Waals surface area contributed by atoms with Gasteiger partial charge in [-0.15, -0.1) is 0 Å². The van der Waals surface area contributed by atoms with Crippen molar-refractivity contribution in [3.05, 3.63) is 29.6 Å². The quantitative estimate of drug-likeness (QED) is 0.604. The highest BCUT2D eigenvalue weighted by atomic mass is 32.2. The van der Waals surface area contributed by atoms with Crippen molar-refractivity contribution < 1.29 is 22.4 Å². The molecule has 0 aliphatic rings. The third-order valence-electron chi connectivity index (χ3n) is 1.71. The van der Waals surface area contributed by atoms with E-state index in [0.29, 0.717) is 0 Å². The lowest BCUT2D eigenvalue weighted by Crippen LogP contribution is -2.04. The zero-order valence-corrected chi connectivity index (χ0v) is 9.08. The van der Waals surface area contributed by atoms with Crippen LogP contribution in [0.25, 0.3) is 0 Å². The van der Waals surface area contributed by atoms with E-state index in [4.69, 9.17) is 0 Å². The number of hydrogen-bond acceptors (Lipinski definition) is 2. The van der Waals surface area contributed by atoms with Crippen LogP contribution < -0.4 is 0 Å². The van der Waals surface area contributed by atoms with Gasteiger partial charge in [-0.05, 0) is 30.3 Å². The average Bonchev–Trinajstić information content (AvgIpc) is 2.09. The molecule has 1 aromatic carbocycles. The van der Waals surface area contributed by atoms with Gasteiger partial charge in [-0.3, -0.25) is 4.79 Å². The normalized spacial score (nSPS) is 11.6. The number of thioether (sulfide) groups is 1. The Balaban J connectivity index is 2.99. The zero-order valence-electron chi connectivity index (χ0n) is 8.27. The maximum atomic E-state index is 13.5. The molecule has 0 amide bonds. The van der Waals surface area contributed by atoms with Crippen molar-refractivity contribution in [1.29, 1.82) is 0 Å². The molecule has 0 N–H and O–H groups in total. The third kappa shape index (κ3) is 3.84. The van der Waals surface area contributed by atoms with Crippen LogP contribution in [-0.2, 0) is 11.2 Å². The van der Waals surface area contributed by atoms with Gasteiger partial charge in [0.1, 0.15) is 11.6 Å². The highest BCUT2D eigenvalue weighted by molar-refractivity contribution is 8.00. The van der Waals surface area contributed by atoms with Crippen molar-refractivity contribution >= 4 is 17.5 Å². The number of halogens is 4. The highest BCUT2D eigenvalue weighted by Crippen LogP contribution is 2.38. The summed E-state index contributed by atoms with van der Waals surface area (Å²) in [4.78, 5) is 10.3. The van der Waals surface area contributed by atoms with E-state index in [2.05, 4.69) is 0 Å². The molecule has 0 heterocycles. The fourth-order valence-electron chi connectivity index (χ4n) is 1.16. The van der Waals surface area contributed by atoms with Gasteiger partial charge in [-0.25, -0.2) is 4.39 Å². The lowest BCUT2D eigenvalue weighted by atomic mass is 10.1. The van der Waals surface area contributed by atoms with Crippen molar-refractivity contribution in [2.45, 2.75) is 23.7 Å². The molecule has 1 rings (SSSR count). The first-order chi connectivity index (χ1) is 7.29. The maximum Gasteiger partial charge on any atom is 0.446 e. The molecule has 6 heteroatoms. The van der Waals surface area contributed by atoms with Gasteiger partial charge in [0, 0.05) is 6.42 Å². The summed E-state index contributed by atoms with van der Waals surface area (Å²) in [6.45, 7) is 1.25. The Labute approximate surface area is 93.8 Å². The van der Waals surface area contributed by atoms with E-state index in [1.54, 1.807) is 0 Å². The molecule has 0 radical (unpaired) electrons. The average molecular weight is 252 g/mol. The van der Waals surface area contributed by atoms with E-state index in [1.807, 2.05) is 0 Å². The van der Waals surface area contributed by atoms with Gasteiger partial charge in [-0.1, -0.05) is 12.1 Å². The van der Waals surface area contributed by atoms with E-state index < -0.39 is 28.0 Å². The van der Waals surface area contributed by atoms with Gasteiger partial charge in [0.2, 0.25) is 0 Å². The van der Waals surface area contributed by atoms with Crippen LogP contribution in [0.15, 0.2) is 23.1 Å². The molecule has 0 fully saturated rings. The predicted molar refractivity (Wildman–Crippen MR) is 52.7 cm³/mol. The lowest BCUT2D eigenvalue weighted by molar-refractivity contribution is -0.116. The second-order valence-electron chi connectivity index (χ2n) is 3.16. The van der Waals surface area contributed by atoms with Gasteiger partial charge >= 0.3 is 5.51 Å². The monoisotopic (exact) mass is 252 g/mol. The lowest BCUT2D eigenvalue weighted by Gasteiger charge is -2.08. The molecule has 0 unspecified atom stereocenters. The molecule has 16 heavy (non-hydrogen) atoms. The molecule has 88 valence electrons. The molecule has 0 spiro atoms. The zero-order chi connectivity index (χ0) is 12.3. The summed E-state index contributed by atoms with van der Waals surface area (Å²) in [6, 6.07) is 3.64. The van der Waals surface area contributed by atoms with E-state index in [0.717, 1.165) is 6.07 Å². The number of alkyl halides is 3. The standard InChI is InChI=1S/C10H8F4OS/c1-6(15)5-7-3-2-4-8(9(7)11)16-10(12,13)14/h2-4H,5H2,1H3. The number of Topliss-reactive ketones (excluding diaryl/α,β-unsaturated/α-hetero) is 1. The van der Waals surface area contributed by atoms with Crippen molar-refractivity contribution in [1.82, 2.24) is 0 Å². The number of benzene rings is 1. The largest absolute Gasteiger partial charge is 0.446 e. The van der Waals surface area contributed by atoms with E-state index in [1.165, 1.54) is 19.1 Å². The molecule has 0 aliphatic heterocycles. The van der Waals surface area contributed by atoms with Crippen LogP contribution in [0.2, 0.25) is 0 Å². The maximum absolute atomic E-state index is 13.5. The van der Waals surface area contributed by atoms with Crippen LogP contribution in [0.5, 0.6) is 0 Å². The fraction of sp³-hybridized carbons (Fsp3) is 0.300. The first-order valence-corrected chi connectivity index (χ1v) is 5.14. The van der Waals surface area contributed by atoms with Crippen LogP contribution in [0, 0.1) is 5.82 Å². The molecule has 0 saturated heterocycles. The summed E-state index contributed by atoms with van der Waals surface area (Å²) < 4.78 is 49.6. The number of carbonyl (C=O) groups excluding carboxylic acids is 1. The SMILES string of the molecule is CC(=O)Cc1cccc(SC(F)(F)F)c1F. The number of carbonyl (C=O) groups is 1. The molecular formula is C10H8F4OS. The van der Waals surface area contributed by atoms with Gasteiger partial charge in [0.15, 0.2) is 0 Å². The minimum absolute atomic E-state index is 0.0123. The van der Waals surface area contributed by atoms with Crippen molar-refractivity contribution in [3.63, 3.8) is 0 Å². The smallest absolute Gasteiger partial charge is 0.300 e. The summed E-state index contributed by atoms with van der Waals surface area (Å²) in [5.74, 6) is -1.27. The first-order valence-electron chi connectivity index (χ1n) is 4.32. The second-order valence-corrected chi connectivity index (χ2v) is 4.26. The molecule has 0 bridgehead atoms. The van der Waals surface area contributed by atoms with Crippen molar-refractivity contribution in [3.8, 4) is 0 Å². The van der Waals surface area contributed by atoms with Gasteiger partial charge < -0.3 is 0 Å². The molecule has 0 aromatic heterocycles. The molecular weight excluding hydrogens is 244 g/mol. The Morgan fingerprint density at radius 2 is 2.00 bits per heavy atom. The molecule has 0 saturated carbocycles. The summed E-state index contributed by atoms with van der Waals surface area (Å²) >= 11 is -0.518. The van der Waals surface area contributed by atoms with Crippen LogP contribution in [-0.4, -0.2) is 11.3 Å². The summed E-state index contributed by atoms with van der Waals surface area (Å²) in [5, 5.41) is 0. The third-order valence-corrected chi connectivity index (χ3v) is 2.48. The Morgan fingerprint density at radius 3 is 2.50 bits per heavy atom. The van der Waals surface area contributed by atoms with Gasteiger partial charge in [-0.2, -0.15) is 13.2 Å². The molecule has 0 aliphatic carbocycles. The van der Waals surface area contributed by atoms with Gasteiger partial charge in [0.25, 0.3) is 0 Å². The van der Waals surface area contributed by atoms with Crippen LogP contribution in [0.3, 0.4) is 0 Å². The van der Waals surface area contributed by atoms with Crippen LogP contribution in [0.4, 0.5) is 17.6 Å². The van der Waals surface area contributed by atoms with Crippen molar-refractivity contribution in [2.75, 3.05) is 0 Å². The Kier molecular flexibility index (Phi) is 3.96. The van der Waals surface area contributed by atoms with Crippen LogP contribution in [0.1, 0.15) is 12.5 Å². The predicted octanol–water partition coefficient (Wildman–Crippen LogP) is 3.57. The Hall–Kier alpha value is -1.04. The summed E-state index contributed by atoms with van der Waals surface area (Å²) in [5.41, 5.74) is -4.54. The van der Waals surface area contributed by atoms with E-state index in [9.17, 15) is 22.4 Å². The summed E-state index contributed by atoms with van der Waals surface area (Å²) in [7, 11) is 0. The topological polar surface area (TPSA) is 17.1 Å². The highest BCUT2D eigenvalue weighted by Gasteiger charge is 2.31. The number of hydrogen-bond donors (Lipinski definition) is 0. The van der Waals surface area contributed by atoms with Crippen LogP contribution >= 0.6 is 11.8 Å². The van der Waals surface area contributed by atoms with Gasteiger partial charge in [0.05, 0.1) is 4.90 Å². The van der Waals surface area contributed by atoms with E-state index in [-0.39, 0.29) is 17.8 Å². The Morgan fingerprint density at radius 1 is 1.38 bits per heavy atom. The first kappa shape index (κ1) is 13.0. The van der Waals surface area contributed by atoms with Crippen molar-refractivity contribution in [2.24, 2.45) is 0 Å². The minimum atomic E-state index is -4.53. The second kappa shape index (κ2) is 4.86. The number of rotatable bonds is 3. The fourth-order valence-corrected chi connectivity index (χ4v) is 1.78. The molecule has 1 aromatic rings. The molecule has 1 nitrogen and oxygen atoms in total. The molecule has 0 atom stereocenters. The van der Waals surface area contributed by atoms with E-state index >= 15 is 0 Å². The number of ketones is 1. The Bertz CT molecular complexity index is 400. The summed E-state index contributed by atoms with van der Waals surface area (Å²) in [6.07, 6.45) is -0.196.